The molecule has 0 aliphatic rings. The molecule has 0 saturated carbocycles. The molecule has 6 heteroatoms. The van der Waals surface area contributed by atoms with Crippen molar-refractivity contribution >= 4 is 21.4 Å². The predicted molar refractivity (Wildman–Crippen MR) is 69.6 cm³/mol. The van der Waals surface area contributed by atoms with Crippen molar-refractivity contribution in [3.8, 4) is 0 Å². The van der Waals surface area contributed by atoms with Gasteiger partial charge in [0.15, 0.2) is 0 Å². The molecule has 0 radical (unpaired) electrons. The lowest BCUT2D eigenvalue weighted by atomic mass is 10.2. The molecule has 1 heterocycles. The van der Waals surface area contributed by atoms with Crippen LogP contribution in [0.3, 0.4) is 0 Å². The topological polar surface area (TPSA) is 57.6 Å². The first-order valence-corrected chi connectivity index (χ1v) is 7.92. The van der Waals surface area contributed by atoms with E-state index in [2.05, 4.69) is 0 Å². The van der Waals surface area contributed by atoms with Crippen molar-refractivity contribution in [3.63, 3.8) is 0 Å². The van der Waals surface area contributed by atoms with E-state index in [1.807, 2.05) is 13.8 Å². The minimum Gasteiger partial charge on any atom is -0.391 e. The van der Waals surface area contributed by atoms with Gasteiger partial charge in [-0.15, -0.1) is 11.3 Å². The summed E-state index contributed by atoms with van der Waals surface area (Å²) in [5, 5.41) is 10.8. The van der Waals surface area contributed by atoms with Crippen LogP contribution in [-0.4, -0.2) is 30.9 Å². The molecule has 0 spiro atoms. The fourth-order valence-corrected chi connectivity index (χ4v) is 4.32. The first kappa shape index (κ1) is 14.6. The molecular weight excluding hydrogens is 258 g/mol. The van der Waals surface area contributed by atoms with Gasteiger partial charge < -0.3 is 5.11 Å². The van der Waals surface area contributed by atoms with Crippen molar-refractivity contribution in [2.24, 2.45) is 0 Å². The smallest absolute Gasteiger partial charge is 0.244 e. The van der Waals surface area contributed by atoms with Gasteiger partial charge in [-0.1, -0.05) is 13.3 Å². The molecule has 0 aromatic carbocycles. The summed E-state index contributed by atoms with van der Waals surface area (Å²) in [4.78, 5) is 0.732. The Kier molecular flexibility index (Phi) is 5.12. The molecule has 0 amide bonds. The van der Waals surface area contributed by atoms with Gasteiger partial charge in [0.2, 0.25) is 10.0 Å². The fourth-order valence-electron chi connectivity index (χ4n) is 1.67. The molecule has 1 atom stereocenters. The third-order valence-electron chi connectivity index (χ3n) is 2.83. The Hall–Kier alpha value is -0.430. The Morgan fingerprint density at radius 3 is 2.71 bits per heavy atom. The van der Waals surface area contributed by atoms with Crippen LogP contribution in [0.25, 0.3) is 0 Å². The van der Waals surface area contributed by atoms with Gasteiger partial charge in [-0.2, -0.15) is 4.31 Å². The van der Waals surface area contributed by atoms with Crippen LogP contribution in [0.4, 0.5) is 0 Å². The van der Waals surface area contributed by atoms with Gasteiger partial charge in [-0.05, 0) is 24.8 Å². The number of hydrogen-bond donors (Lipinski definition) is 1. The lowest BCUT2D eigenvalue weighted by Gasteiger charge is -2.23. The SMILES string of the molecule is CCCC(C)N(C)S(=O)(=O)c1ccsc1CO. The molecule has 0 saturated heterocycles. The highest BCUT2D eigenvalue weighted by atomic mass is 32.2. The Labute approximate surface area is 107 Å². The minimum absolute atomic E-state index is 0.0311. The van der Waals surface area contributed by atoms with E-state index in [4.69, 9.17) is 5.11 Å². The second kappa shape index (κ2) is 5.95. The summed E-state index contributed by atoms with van der Waals surface area (Å²) in [7, 11) is -1.88. The van der Waals surface area contributed by atoms with E-state index in [0.29, 0.717) is 4.88 Å². The molecular formula is C11H19NO3S2. The summed E-state index contributed by atoms with van der Waals surface area (Å²) < 4.78 is 26.0. The molecule has 0 fully saturated rings. The van der Waals surface area contributed by atoms with Crippen LogP contribution >= 0.6 is 11.3 Å². The quantitative estimate of drug-likeness (QED) is 0.866. The third kappa shape index (κ3) is 3.07. The number of sulfonamides is 1. The average Bonchev–Trinajstić information content (AvgIpc) is 2.76. The van der Waals surface area contributed by atoms with Crippen LogP contribution in [0.15, 0.2) is 16.3 Å². The molecule has 1 aromatic heterocycles. The zero-order valence-corrected chi connectivity index (χ0v) is 12.0. The van der Waals surface area contributed by atoms with Gasteiger partial charge in [-0.3, -0.25) is 0 Å². The lowest BCUT2D eigenvalue weighted by Crippen LogP contribution is -2.35. The largest absolute Gasteiger partial charge is 0.391 e. The Morgan fingerprint density at radius 2 is 2.18 bits per heavy atom. The fraction of sp³-hybridized carbons (Fsp3) is 0.636. The van der Waals surface area contributed by atoms with Crippen LogP contribution in [0.5, 0.6) is 0 Å². The van der Waals surface area contributed by atoms with E-state index in [0.717, 1.165) is 12.8 Å². The Morgan fingerprint density at radius 1 is 1.53 bits per heavy atom. The highest BCUT2D eigenvalue weighted by Crippen LogP contribution is 2.26. The van der Waals surface area contributed by atoms with Crippen LogP contribution in [0, 0.1) is 0 Å². The standard InChI is InChI=1S/C11H19NO3S2/c1-4-5-9(2)12(3)17(14,15)11-6-7-16-10(11)8-13/h6-7,9,13H,4-5,8H2,1-3H3. The van der Waals surface area contributed by atoms with Crippen molar-refractivity contribution < 1.29 is 13.5 Å². The minimum atomic E-state index is -3.48. The van der Waals surface area contributed by atoms with Crippen molar-refractivity contribution in [3.05, 3.63) is 16.3 Å². The molecule has 98 valence electrons. The van der Waals surface area contributed by atoms with Gasteiger partial charge >= 0.3 is 0 Å². The predicted octanol–water partition coefficient (Wildman–Crippen LogP) is 2.05. The molecule has 1 unspecified atom stereocenters. The first-order valence-electron chi connectivity index (χ1n) is 5.60. The molecule has 0 bridgehead atoms. The Balaban J connectivity index is 3.03. The molecule has 4 nitrogen and oxygen atoms in total. The summed E-state index contributed by atoms with van der Waals surface area (Å²) in [6, 6.07) is 1.53. The van der Waals surface area contributed by atoms with E-state index >= 15 is 0 Å². The molecule has 1 rings (SSSR count). The zero-order valence-electron chi connectivity index (χ0n) is 10.4. The van der Waals surface area contributed by atoms with Gasteiger partial charge in [0.1, 0.15) is 0 Å². The van der Waals surface area contributed by atoms with Gasteiger partial charge in [0.05, 0.1) is 11.5 Å². The number of rotatable bonds is 6. The molecule has 0 aliphatic carbocycles. The zero-order chi connectivity index (χ0) is 13.1. The van der Waals surface area contributed by atoms with Crippen molar-refractivity contribution in [1.29, 1.82) is 0 Å². The summed E-state index contributed by atoms with van der Waals surface area (Å²) in [6.45, 7) is 3.69. The number of hydrogen-bond acceptors (Lipinski definition) is 4. The monoisotopic (exact) mass is 277 g/mol. The number of aliphatic hydroxyl groups is 1. The molecule has 0 aliphatic heterocycles. The van der Waals surface area contributed by atoms with Crippen molar-refractivity contribution in [2.75, 3.05) is 7.05 Å². The summed E-state index contributed by atoms with van der Waals surface area (Å²) in [5.74, 6) is 0. The van der Waals surface area contributed by atoms with Crippen LogP contribution in [0.2, 0.25) is 0 Å². The van der Waals surface area contributed by atoms with Crippen molar-refractivity contribution in [2.45, 2.75) is 44.2 Å². The maximum Gasteiger partial charge on any atom is 0.244 e. The lowest BCUT2D eigenvalue weighted by molar-refractivity contribution is 0.282. The first-order chi connectivity index (χ1) is 7.95. The molecule has 1 N–H and O–H groups in total. The average molecular weight is 277 g/mol. The second-order valence-electron chi connectivity index (χ2n) is 4.03. The van der Waals surface area contributed by atoms with Gasteiger partial charge in [0, 0.05) is 18.0 Å². The summed E-state index contributed by atoms with van der Waals surface area (Å²) >= 11 is 1.26. The maximum atomic E-state index is 12.3. The highest BCUT2D eigenvalue weighted by Gasteiger charge is 2.27. The Bertz CT molecular complexity index is 453. The normalized spacial score (nSPS) is 14.2. The molecule has 17 heavy (non-hydrogen) atoms. The van der Waals surface area contributed by atoms with Crippen LogP contribution < -0.4 is 0 Å². The number of thiophene rings is 1. The van der Waals surface area contributed by atoms with E-state index < -0.39 is 10.0 Å². The van der Waals surface area contributed by atoms with E-state index in [1.165, 1.54) is 15.6 Å². The highest BCUT2D eigenvalue weighted by molar-refractivity contribution is 7.89. The van der Waals surface area contributed by atoms with Gasteiger partial charge in [-0.25, -0.2) is 8.42 Å². The van der Waals surface area contributed by atoms with E-state index in [1.54, 1.807) is 18.5 Å². The summed E-state index contributed by atoms with van der Waals surface area (Å²) in [6.07, 6.45) is 1.77. The number of aliphatic hydroxyl groups excluding tert-OH is 1. The van der Waals surface area contributed by atoms with E-state index in [9.17, 15) is 8.42 Å². The van der Waals surface area contributed by atoms with Crippen LogP contribution in [0.1, 0.15) is 31.6 Å². The van der Waals surface area contributed by atoms with E-state index in [-0.39, 0.29) is 17.5 Å². The summed E-state index contributed by atoms with van der Waals surface area (Å²) in [5.41, 5.74) is 0. The maximum absolute atomic E-state index is 12.3. The van der Waals surface area contributed by atoms with Crippen LogP contribution in [-0.2, 0) is 16.6 Å². The van der Waals surface area contributed by atoms with Gasteiger partial charge in [0.25, 0.3) is 0 Å². The second-order valence-corrected chi connectivity index (χ2v) is 6.99. The molecule has 1 aromatic rings. The number of nitrogens with zero attached hydrogens (tertiary/aromatic N) is 1. The van der Waals surface area contributed by atoms with Crippen molar-refractivity contribution in [1.82, 2.24) is 4.31 Å². The third-order valence-corrected chi connectivity index (χ3v) is 5.92.